The summed E-state index contributed by atoms with van der Waals surface area (Å²) in [5, 5.41) is 10.4. The van der Waals surface area contributed by atoms with Crippen LogP contribution in [0, 0.1) is 0 Å². The Morgan fingerprint density at radius 3 is 2.67 bits per heavy atom. The summed E-state index contributed by atoms with van der Waals surface area (Å²) >= 11 is 0. The quantitative estimate of drug-likeness (QED) is 0.839. The van der Waals surface area contributed by atoms with Crippen LogP contribution in [-0.4, -0.2) is 60.7 Å². The van der Waals surface area contributed by atoms with Crippen molar-refractivity contribution in [2.75, 3.05) is 26.3 Å². The number of rotatable bonds is 2. The van der Waals surface area contributed by atoms with Gasteiger partial charge in [-0.3, -0.25) is 4.90 Å². The van der Waals surface area contributed by atoms with Gasteiger partial charge in [-0.1, -0.05) is 12.1 Å². The van der Waals surface area contributed by atoms with Crippen LogP contribution in [0.25, 0.3) is 0 Å². The SMILES string of the molecule is O[C@H]1C[C@@H]2O[C@@H]2C[C@@H]1N1CCC(c2cccc3c2OCCO3)CC1. The highest BCUT2D eigenvalue weighted by molar-refractivity contribution is 5.49. The van der Waals surface area contributed by atoms with Crippen LogP contribution in [0.5, 0.6) is 11.5 Å². The Bertz CT molecular complexity index is 613. The summed E-state index contributed by atoms with van der Waals surface area (Å²) in [7, 11) is 0. The second-order valence-corrected chi connectivity index (χ2v) is 7.50. The Morgan fingerprint density at radius 2 is 1.79 bits per heavy atom. The number of benzene rings is 1. The monoisotopic (exact) mass is 331 g/mol. The third-order valence-electron chi connectivity index (χ3n) is 6.11. The summed E-state index contributed by atoms with van der Waals surface area (Å²) in [6, 6.07) is 6.53. The second-order valence-electron chi connectivity index (χ2n) is 7.50. The molecule has 5 heteroatoms. The molecule has 3 heterocycles. The minimum Gasteiger partial charge on any atom is -0.486 e. The molecule has 0 aromatic heterocycles. The lowest BCUT2D eigenvalue weighted by Crippen LogP contribution is -2.50. The summed E-state index contributed by atoms with van der Waals surface area (Å²) < 4.78 is 17.2. The molecule has 2 saturated heterocycles. The van der Waals surface area contributed by atoms with E-state index in [0.717, 1.165) is 50.3 Å². The molecule has 3 fully saturated rings. The average Bonchev–Trinajstić information content (AvgIpc) is 3.39. The van der Waals surface area contributed by atoms with Crippen molar-refractivity contribution < 1.29 is 19.3 Å². The number of nitrogens with zero attached hydrogens (tertiary/aromatic N) is 1. The lowest BCUT2D eigenvalue weighted by Gasteiger charge is -2.41. The van der Waals surface area contributed by atoms with Gasteiger partial charge < -0.3 is 19.3 Å². The van der Waals surface area contributed by atoms with Crippen LogP contribution >= 0.6 is 0 Å². The fourth-order valence-electron chi connectivity index (χ4n) is 4.74. The van der Waals surface area contributed by atoms with E-state index in [4.69, 9.17) is 14.2 Å². The van der Waals surface area contributed by atoms with Crippen LogP contribution in [-0.2, 0) is 4.74 Å². The molecule has 1 aromatic carbocycles. The Labute approximate surface area is 142 Å². The van der Waals surface area contributed by atoms with Gasteiger partial charge in [0, 0.05) is 18.0 Å². The van der Waals surface area contributed by atoms with E-state index in [1.165, 1.54) is 5.56 Å². The van der Waals surface area contributed by atoms with E-state index in [1.807, 2.05) is 6.07 Å². The summed E-state index contributed by atoms with van der Waals surface area (Å²) in [5.74, 6) is 2.36. The average molecular weight is 331 g/mol. The zero-order valence-electron chi connectivity index (χ0n) is 13.9. The van der Waals surface area contributed by atoms with Crippen LogP contribution in [0.3, 0.4) is 0 Å². The van der Waals surface area contributed by atoms with E-state index >= 15 is 0 Å². The zero-order valence-corrected chi connectivity index (χ0v) is 13.9. The third-order valence-corrected chi connectivity index (χ3v) is 6.11. The lowest BCUT2D eigenvalue weighted by molar-refractivity contribution is 0.0164. The third kappa shape index (κ3) is 2.59. The lowest BCUT2D eigenvalue weighted by atomic mass is 9.85. The number of ether oxygens (including phenoxy) is 3. The molecule has 130 valence electrons. The number of likely N-dealkylation sites (tertiary alicyclic amines) is 1. The highest BCUT2D eigenvalue weighted by Crippen LogP contribution is 2.43. The maximum Gasteiger partial charge on any atom is 0.164 e. The Morgan fingerprint density at radius 1 is 1.00 bits per heavy atom. The topological polar surface area (TPSA) is 54.5 Å². The number of hydrogen-bond acceptors (Lipinski definition) is 5. The minimum absolute atomic E-state index is 0.230. The highest BCUT2D eigenvalue weighted by atomic mass is 16.6. The Hall–Kier alpha value is -1.30. The molecule has 0 bridgehead atoms. The van der Waals surface area contributed by atoms with Crippen molar-refractivity contribution in [2.45, 2.75) is 56.0 Å². The van der Waals surface area contributed by atoms with Gasteiger partial charge in [-0.05, 0) is 44.3 Å². The van der Waals surface area contributed by atoms with Crippen molar-refractivity contribution in [3.8, 4) is 11.5 Å². The summed E-state index contributed by atoms with van der Waals surface area (Å²) in [4.78, 5) is 2.48. The van der Waals surface area contributed by atoms with Gasteiger partial charge in [-0.25, -0.2) is 0 Å². The largest absolute Gasteiger partial charge is 0.486 e. The van der Waals surface area contributed by atoms with E-state index in [9.17, 15) is 5.11 Å². The number of piperidine rings is 1. The number of para-hydroxylation sites is 1. The van der Waals surface area contributed by atoms with Gasteiger partial charge in [0.25, 0.3) is 0 Å². The molecule has 0 unspecified atom stereocenters. The first kappa shape index (κ1) is 15.0. The van der Waals surface area contributed by atoms with Gasteiger partial charge in [-0.15, -0.1) is 0 Å². The first-order chi connectivity index (χ1) is 11.8. The smallest absolute Gasteiger partial charge is 0.164 e. The molecular weight excluding hydrogens is 306 g/mol. The van der Waals surface area contributed by atoms with Gasteiger partial charge in [0.1, 0.15) is 13.2 Å². The Balaban J connectivity index is 1.27. The Kier molecular flexibility index (Phi) is 3.69. The first-order valence-corrected chi connectivity index (χ1v) is 9.25. The highest BCUT2D eigenvalue weighted by Gasteiger charge is 2.49. The van der Waals surface area contributed by atoms with E-state index in [2.05, 4.69) is 17.0 Å². The molecule has 0 amide bonds. The van der Waals surface area contributed by atoms with Gasteiger partial charge in [-0.2, -0.15) is 0 Å². The fraction of sp³-hybridized carbons (Fsp3) is 0.684. The molecule has 0 radical (unpaired) electrons. The van der Waals surface area contributed by atoms with Crippen molar-refractivity contribution in [1.29, 1.82) is 0 Å². The summed E-state index contributed by atoms with van der Waals surface area (Å²) in [6.07, 6.45) is 4.53. The number of hydrogen-bond donors (Lipinski definition) is 1. The zero-order chi connectivity index (χ0) is 16.1. The van der Waals surface area contributed by atoms with Crippen molar-refractivity contribution in [3.05, 3.63) is 23.8 Å². The molecule has 4 atom stereocenters. The molecule has 0 spiro atoms. The van der Waals surface area contributed by atoms with Gasteiger partial charge in [0.2, 0.25) is 0 Å². The second kappa shape index (κ2) is 5.90. The molecule has 5 nitrogen and oxygen atoms in total. The van der Waals surface area contributed by atoms with E-state index in [-0.39, 0.29) is 12.1 Å². The van der Waals surface area contributed by atoms with E-state index in [0.29, 0.717) is 31.3 Å². The van der Waals surface area contributed by atoms with Crippen LogP contribution in [0.2, 0.25) is 0 Å². The molecule has 5 rings (SSSR count). The predicted molar refractivity (Wildman–Crippen MR) is 88.7 cm³/mol. The van der Waals surface area contributed by atoms with E-state index < -0.39 is 0 Å². The van der Waals surface area contributed by atoms with Gasteiger partial charge >= 0.3 is 0 Å². The summed E-state index contributed by atoms with van der Waals surface area (Å²) in [6.45, 7) is 3.35. The van der Waals surface area contributed by atoms with Gasteiger partial charge in [0.05, 0.1) is 18.3 Å². The maximum atomic E-state index is 10.4. The number of aliphatic hydroxyl groups excluding tert-OH is 1. The van der Waals surface area contributed by atoms with Crippen molar-refractivity contribution in [2.24, 2.45) is 0 Å². The standard InChI is InChI=1S/C19H25NO4/c21-15-11-18-17(24-18)10-14(15)20-6-4-12(5-7-20)13-2-1-3-16-19(13)23-9-8-22-16/h1-3,12,14-15,17-18,21H,4-11H2/t14-,15-,17+,18-/m0/s1. The van der Waals surface area contributed by atoms with Crippen molar-refractivity contribution in [3.63, 3.8) is 0 Å². The maximum absolute atomic E-state index is 10.4. The van der Waals surface area contributed by atoms with Crippen molar-refractivity contribution >= 4 is 0 Å². The fourth-order valence-corrected chi connectivity index (χ4v) is 4.74. The van der Waals surface area contributed by atoms with Crippen molar-refractivity contribution in [1.82, 2.24) is 4.90 Å². The van der Waals surface area contributed by atoms with E-state index in [1.54, 1.807) is 0 Å². The molecule has 1 aromatic rings. The minimum atomic E-state index is -0.230. The molecule has 1 N–H and O–H groups in total. The number of epoxide rings is 1. The number of fused-ring (bicyclic) bond motifs is 2. The first-order valence-electron chi connectivity index (χ1n) is 9.25. The van der Waals surface area contributed by atoms with Gasteiger partial charge in [0.15, 0.2) is 11.5 Å². The van der Waals surface area contributed by atoms with Crippen LogP contribution in [0.1, 0.15) is 37.2 Å². The normalized spacial score (nSPS) is 36.2. The molecule has 4 aliphatic rings. The van der Waals surface area contributed by atoms with Crippen LogP contribution in [0.15, 0.2) is 18.2 Å². The molecule has 1 saturated carbocycles. The molecule has 24 heavy (non-hydrogen) atoms. The molecule has 3 aliphatic heterocycles. The summed E-state index contributed by atoms with van der Waals surface area (Å²) in [5.41, 5.74) is 1.29. The number of aliphatic hydroxyl groups is 1. The van der Waals surface area contributed by atoms with Crippen LogP contribution in [0.4, 0.5) is 0 Å². The molecule has 1 aliphatic carbocycles. The van der Waals surface area contributed by atoms with Crippen LogP contribution < -0.4 is 9.47 Å². The predicted octanol–water partition coefficient (Wildman–Crippen LogP) is 1.93. The molecular formula is C19H25NO4.